The number of ether oxygens (including phenoxy) is 1. The second-order valence-corrected chi connectivity index (χ2v) is 5.88. The number of amides is 1. The number of carbonyl (C=O) groups excluding carboxylic acids is 1. The van der Waals surface area contributed by atoms with Gasteiger partial charge in [-0.05, 0) is 24.3 Å². The molecule has 0 aromatic heterocycles. The van der Waals surface area contributed by atoms with Crippen molar-refractivity contribution in [3.63, 3.8) is 0 Å². The third-order valence-electron chi connectivity index (χ3n) is 3.57. The van der Waals surface area contributed by atoms with Gasteiger partial charge in [-0.3, -0.25) is 4.79 Å². The second kappa shape index (κ2) is 6.34. The van der Waals surface area contributed by atoms with Crippen LogP contribution >= 0.6 is 15.9 Å². The van der Waals surface area contributed by atoms with E-state index in [1.807, 2.05) is 42.5 Å². The number of carbonyl (C=O) groups is 1. The summed E-state index contributed by atoms with van der Waals surface area (Å²) in [5, 5.41) is 8.19. The molecule has 0 N–H and O–H groups in total. The lowest BCUT2D eigenvalue weighted by molar-refractivity contribution is -0.111. The molecule has 0 bridgehead atoms. The minimum absolute atomic E-state index is 0.162. The highest BCUT2D eigenvalue weighted by Gasteiger charge is 2.30. The predicted octanol–water partition coefficient (Wildman–Crippen LogP) is 3.26. The summed E-state index contributed by atoms with van der Waals surface area (Å²) in [5.74, 6) is 0.525. The van der Waals surface area contributed by atoms with Crippen molar-refractivity contribution in [3.8, 4) is 5.75 Å². The minimum atomic E-state index is -0.162. The van der Waals surface area contributed by atoms with Crippen LogP contribution in [-0.4, -0.2) is 32.0 Å². The molecule has 0 unspecified atom stereocenters. The normalized spacial score (nSPS) is 15.5. The van der Waals surface area contributed by atoms with Crippen LogP contribution in [0.3, 0.4) is 0 Å². The molecule has 2 aromatic carbocycles. The fourth-order valence-corrected chi connectivity index (χ4v) is 2.78. The van der Waals surface area contributed by atoms with Crippen LogP contribution in [0.1, 0.15) is 11.1 Å². The summed E-state index contributed by atoms with van der Waals surface area (Å²) in [6.45, 7) is 0. The van der Waals surface area contributed by atoms with Gasteiger partial charge < -0.3 is 9.64 Å². The minimum Gasteiger partial charge on any atom is -0.496 e. The highest BCUT2D eigenvalue weighted by molar-refractivity contribution is 9.10. The van der Waals surface area contributed by atoms with E-state index in [9.17, 15) is 4.79 Å². The van der Waals surface area contributed by atoms with Crippen LogP contribution < -0.4 is 9.64 Å². The fraction of sp³-hybridized carbons (Fsp3) is 0.118. The van der Waals surface area contributed by atoms with Gasteiger partial charge in [0.05, 0.1) is 19.0 Å². The molecule has 116 valence electrons. The average Bonchev–Trinajstić information content (AvgIpc) is 2.80. The molecule has 23 heavy (non-hydrogen) atoms. The molecule has 6 heteroatoms. The van der Waals surface area contributed by atoms with Gasteiger partial charge in [0.1, 0.15) is 5.75 Å². The predicted molar refractivity (Wildman–Crippen MR) is 94.7 cm³/mol. The third kappa shape index (κ3) is 2.90. The van der Waals surface area contributed by atoms with Crippen LogP contribution in [-0.2, 0) is 4.79 Å². The zero-order valence-corrected chi connectivity index (χ0v) is 14.2. The maximum absolute atomic E-state index is 12.3. The molecular weight excluding hydrogens is 358 g/mol. The highest BCUT2D eigenvalue weighted by Crippen LogP contribution is 2.27. The van der Waals surface area contributed by atoms with E-state index in [0.717, 1.165) is 21.3 Å². The molecule has 0 radical (unpaired) electrons. The van der Waals surface area contributed by atoms with Crippen molar-refractivity contribution in [1.29, 1.82) is 0 Å². The summed E-state index contributed by atoms with van der Waals surface area (Å²) in [5.41, 5.74) is 2.75. The van der Waals surface area contributed by atoms with Crippen molar-refractivity contribution < 1.29 is 9.53 Å². The lowest BCUT2D eigenvalue weighted by Gasteiger charge is -2.07. The molecule has 5 nitrogen and oxygen atoms in total. The SMILES string of the molecule is COc1ccc(Br)cc1/C=N\N=C1/C(=O)N(C)c2ccccc21. The van der Waals surface area contributed by atoms with Crippen LogP contribution in [0, 0.1) is 0 Å². The second-order valence-electron chi connectivity index (χ2n) is 4.96. The summed E-state index contributed by atoms with van der Waals surface area (Å²) < 4.78 is 6.19. The van der Waals surface area contributed by atoms with E-state index in [1.54, 1.807) is 25.3 Å². The van der Waals surface area contributed by atoms with Crippen LogP contribution in [0.2, 0.25) is 0 Å². The van der Waals surface area contributed by atoms with E-state index >= 15 is 0 Å². The Bertz CT molecular complexity index is 830. The zero-order valence-electron chi connectivity index (χ0n) is 12.7. The Morgan fingerprint density at radius 2 is 2.00 bits per heavy atom. The summed E-state index contributed by atoms with van der Waals surface area (Å²) >= 11 is 3.41. The molecule has 3 rings (SSSR count). The Hall–Kier alpha value is -2.47. The molecule has 1 aliphatic rings. The Balaban J connectivity index is 1.95. The van der Waals surface area contributed by atoms with Gasteiger partial charge in [-0.15, -0.1) is 5.10 Å². The molecular formula is C17H14BrN3O2. The van der Waals surface area contributed by atoms with E-state index in [2.05, 4.69) is 26.1 Å². The van der Waals surface area contributed by atoms with Gasteiger partial charge in [0, 0.05) is 22.6 Å². The summed E-state index contributed by atoms with van der Waals surface area (Å²) in [6, 6.07) is 13.1. The lowest BCUT2D eigenvalue weighted by Crippen LogP contribution is -2.25. The quantitative estimate of drug-likeness (QED) is 0.614. The van der Waals surface area contributed by atoms with Gasteiger partial charge in [-0.25, -0.2) is 0 Å². The van der Waals surface area contributed by atoms with E-state index in [-0.39, 0.29) is 5.91 Å². The number of likely N-dealkylation sites (N-methyl/N-ethyl adjacent to an activating group) is 1. The molecule has 0 aliphatic carbocycles. The number of halogens is 1. The number of methoxy groups -OCH3 is 1. The van der Waals surface area contributed by atoms with Crippen LogP contribution in [0.25, 0.3) is 0 Å². The number of hydrogen-bond acceptors (Lipinski definition) is 4. The average molecular weight is 372 g/mol. The first-order chi connectivity index (χ1) is 11.1. The number of nitrogens with zero attached hydrogens (tertiary/aromatic N) is 3. The van der Waals surface area contributed by atoms with Crippen molar-refractivity contribution in [3.05, 3.63) is 58.1 Å². The number of para-hydroxylation sites is 1. The van der Waals surface area contributed by atoms with Gasteiger partial charge in [0.15, 0.2) is 5.71 Å². The molecule has 2 aromatic rings. The molecule has 0 spiro atoms. The highest BCUT2D eigenvalue weighted by atomic mass is 79.9. The van der Waals surface area contributed by atoms with Crippen LogP contribution in [0.5, 0.6) is 5.75 Å². The molecule has 0 saturated heterocycles. The molecule has 1 aliphatic heterocycles. The molecule has 0 atom stereocenters. The first-order valence-corrected chi connectivity index (χ1v) is 7.73. The number of benzene rings is 2. The summed E-state index contributed by atoms with van der Waals surface area (Å²) in [4.78, 5) is 13.8. The first-order valence-electron chi connectivity index (χ1n) is 6.94. The van der Waals surface area contributed by atoms with Gasteiger partial charge in [0.25, 0.3) is 5.91 Å². The maximum Gasteiger partial charge on any atom is 0.279 e. The van der Waals surface area contributed by atoms with Crippen LogP contribution in [0.4, 0.5) is 5.69 Å². The Kier molecular flexibility index (Phi) is 4.25. The molecule has 1 amide bonds. The van der Waals surface area contributed by atoms with Crippen molar-refractivity contribution >= 4 is 39.5 Å². The van der Waals surface area contributed by atoms with Gasteiger partial charge in [0.2, 0.25) is 0 Å². The monoisotopic (exact) mass is 371 g/mol. The summed E-state index contributed by atoms with van der Waals surface area (Å²) in [7, 11) is 3.32. The van der Waals surface area contributed by atoms with E-state index in [1.165, 1.54) is 0 Å². The maximum atomic E-state index is 12.3. The molecule has 1 heterocycles. The van der Waals surface area contributed by atoms with Crippen molar-refractivity contribution in [2.45, 2.75) is 0 Å². The first kappa shape index (κ1) is 15.4. The topological polar surface area (TPSA) is 54.3 Å². The van der Waals surface area contributed by atoms with Crippen LogP contribution in [0.15, 0.2) is 57.1 Å². The van der Waals surface area contributed by atoms with Gasteiger partial charge in [-0.1, -0.05) is 34.1 Å². The largest absolute Gasteiger partial charge is 0.496 e. The Morgan fingerprint density at radius 3 is 2.78 bits per heavy atom. The number of fused-ring (bicyclic) bond motifs is 1. The summed E-state index contributed by atoms with van der Waals surface area (Å²) in [6.07, 6.45) is 1.57. The van der Waals surface area contributed by atoms with E-state index < -0.39 is 0 Å². The fourth-order valence-electron chi connectivity index (χ4n) is 2.40. The Morgan fingerprint density at radius 1 is 1.22 bits per heavy atom. The van der Waals surface area contributed by atoms with Gasteiger partial charge >= 0.3 is 0 Å². The van der Waals surface area contributed by atoms with Crippen molar-refractivity contribution in [2.75, 3.05) is 19.1 Å². The van der Waals surface area contributed by atoms with E-state index in [0.29, 0.717) is 11.5 Å². The lowest BCUT2D eigenvalue weighted by atomic mass is 10.1. The van der Waals surface area contributed by atoms with Gasteiger partial charge in [-0.2, -0.15) is 5.10 Å². The molecule has 0 fully saturated rings. The Labute approximate surface area is 142 Å². The third-order valence-corrected chi connectivity index (χ3v) is 4.07. The number of hydrogen-bond donors (Lipinski definition) is 0. The van der Waals surface area contributed by atoms with E-state index in [4.69, 9.17) is 4.74 Å². The van der Waals surface area contributed by atoms with Crippen molar-refractivity contribution in [1.82, 2.24) is 0 Å². The van der Waals surface area contributed by atoms with Crippen molar-refractivity contribution in [2.24, 2.45) is 10.2 Å². The number of rotatable bonds is 3. The smallest absolute Gasteiger partial charge is 0.279 e. The standard InChI is InChI=1S/C17H14BrN3O2/c1-21-14-6-4-3-5-13(14)16(17(21)22)20-19-10-11-9-12(18)7-8-15(11)23-2/h3-10H,1-2H3/b19-10-,20-16-. The zero-order chi connectivity index (χ0) is 16.4. The number of anilines is 1. The molecule has 0 saturated carbocycles.